The number of nitrogens with one attached hydrogen (secondary N) is 2. The van der Waals surface area contributed by atoms with Crippen LogP contribution in [-0.4, -0.2) is 37.7 Å². The summed E-state index contributed by atoms with van der Waals surface area (Å²) >= 11 is 1.84. The zero-order valence-electron chi connectivity index (χ0n) is 13.4. The van der Waals surface area contributed by atoms with Crippen LogP contribution in [-0.2, 0) is 0 Å². The SMILES string of the molecule is CCN=C(NC1CCN(c2cccs2)CC1)NC1CC1C.I. The monoisotopic (exact) mass is 434 g/mol. The van der Waals surface area contributed by atoms with Crippen LogP contribution < -0.4 is 15.5 Å². The number of anilines is 1. The van der Waals surface area contributed by atoms with E-state index in [0.717, 1.165) is 31.5 Å². The number of piperidine rings is 1. The largest absolute Gasteiger partial charge is 0.363 e. The molecule has 2 atom stereocenters. The molecule has 124 valence electrons. The Bertz CT molecular complexity index is 469. The van der Waals surface area contributed by atoms with Crippen LogP contribution in [0.15, 0.2) is 22.5 Å². The van der Waals surface area contributed by atoms with Crippen molar-refractivity contribution in [1.29, 1.82) is 0 Å². The van der Waals surface area contributed by atoms with Gasteiger partial charge in [0.2, 0.25) is 0 Å². The van der Waals surface area contributed by atoms with E-state index in [1.807, 2.05) is 11.3 Å². The van der Waals surface area contributed by atoms with Crippen molar-refractivity contribution in [2.75, 3.05) is 24.5 Å². The topological polar surface area (TPSA) is 39.7 Å². The fraction of sp³-hybridized carbons (Fsp3) is 0.688. The van der Waals surface area contributed by atoms with Crippen LogP contribution in [0.3, 0.4) is 0 Å². The van der Waals surface area contributed by atoms with Crippen molar-refractivity contribution in [3.05, 3.63) is 17.5 Å². The third-order valence-corrected chi connectivity index (χ3v) is 5.33. The predicted octanol–water partition coefficient (Wildman–Crippen LogP) is 3.30. The molecular formula is C16H27IN4S. The zero-order chi connectivity index (χ0) is 14.7. The minimum Gasteiger partial charge on any atom is -0.363 e. The first-order valence-corrected chi connectivity index (χ1v) is 9.00. The predicted molar refractivity (Wildman–Crippen MR) is 107 cm³/mol. The van der Waals surface area contributed by atoms with Gasteiger partial charge in [0.25, 0.3) is 0 Å². The summed E-state index contributed by atoms with van der Waals surface area (Å²) < 4.78 is 0. The first-order valence-electron chi connectivity index (χ1n) is 8.12. The Morgan fingerprint density at radius 2 is 2.09 bits per heavy atom. The van der Waals surface area contributed by atoms with Crippen molar-refractivity contribution in [3.8, 4) is 0 Å². The second kappa shape index (κ2) is 8.38. The van der Waals surface area contributed by atoms with Crippen LogP contribution >= 0.6 is 35.3 Å². The van der Waals surface area contributed by atoms with Crippen LogP contribution in [0.5, 0.6) is 0 Å². The molecule has 1 aromatic heterocycles. The number of halogens is 1. The minimum absolute atomic E-state index is 0. The summed E-state index contributed by atoms with van der Waals surface area (Å²) in [7, 11) is 0. The Morgan fingerprint density at radius 3 is 2.64 bits per heavy atom. The number of guanidine groups is 1. The van der Waals surface area contributed by atoms with Gasteiger partial charge in [-0.2, -0.15) is 0 Å². The molecule has 4 nitrogen and oxygen atoms in total. The highest BCUT2D eigenvalue weighted by Gasteiger charge is 2.33. The smallest absolute Gasteiger partial charge is 0.191 e. The van der Waals surface area contributed by atoms with Gasteiger partial charge in [0.15, 0.2) is 5.96 Å². The number of nitrogens with zero attached hydrogens (tertiary/aromatic N) is 2. The highest BCUT2D eigenvalue weighted by Crippen LogP contribution is 2.29. The van der Waals surface area contributed by atoms with Crippen molar-refractivity contribution in [2.45, 2.75) is 45.2 Å². The van der Waals surface area contributed by atoms with Gasteiger partial charge in [0.1, 0.15) is 0 Å². The number of hydrogen-bond donors (Lipinski definition) is 2. The quantitative estimate of drug-likeness (QED) is 0.434. The molecule has 1 aliphatic carbocycles. The number of rotatable bonds is 4. The van der Waals surface area contributed by atoms with E-state index in [-0.39, 0.29) is 24.0 Å². The molecule has 1 aromatic rings. The molecule has 0 aromatic carbocycles. The molecule has 0 bridgehead atoms. The van der Waals surface area contributed by atoms with Crippen molar-refractivity contribution in [1.82, 2.24) is 10.6 Å². The van der Waals surface area contributed by atoms with Crippen LogP contribution in [0.25, 0.3) is 0 Å². The van der Waals surface area contributed by atoms with E-state index in [0.29, 0.717) is 12.1 Å². The third kappa shape index (κ3) is 4.75. The first-order chi connectivity index (χ1) is 10.3. The van der Waals surface area contributed by atoms with Gasteiger partial charge in [-0.05, 0) is 49.6 Å². The summed E-state index contributed by atoms with van der Waals surface area (Å²) in [6.07, 6.45) is 3.65. The first kappa shape index (κ1) is 17.8. The molecule has 1 saturated carbocycles. The standard InChI is InChI=1S/C16H26N4S.HI/c1-3-17-16(19-14-11-12(14)2)18-13-6-8-20(9-7-13)15-5-4-10-21-15;/h4-5,10,12-14H,3,6-9,11H2,1-2H3,(H2,17,18,19);1H. The average Bonchev–Trinajstić information content (AvgIpc) is 2.96. The summed E-state index contributed by atoms with van der Waals surface area (Å²) in [5.74, 6) is 1.82. The zero-order valence-corrected chi connectivity index (χ0v) is 16.6. The molecule has 1 aliphatic heterocycles. The van der Waals surface area contributed by atoms with Crippen molar-refractivity contribution in [3.63, 3.8) is 0 Å². The Balaban J connectivity index is 0.00000176. The molecule has 3 rings (SSSR count). The summed E-state index contributed by atoms with van der Waals surface area (Å²) in [5, 5.41) is 10.7. The van der Waals surface area contributed by atoms with Gasteiger partial charge in [0.05, 0.1) is 5.00 Å². The van der Waals surface area contributed by atoms with Crippen molar-refractivity contribution in [2.24, 2.45) is 10.9 Å². The van der Waals surface area contributed by atoms with Gasteiger partial charge in [-0.3, -0.25) is 4.99 Å². The lowest BCUT2D eigenvalue weighted by molar-refractivity contribution is 0.462. The molecular weight excluding hydrogens is 407 g/mol. The molecule has 0 radical (unpaired) electrons. The summed E-state index contributed by atoms with van der Waals surface area (Å²) in [5.41, 5.74) is 0. The maximum Gasteiger partial charge on any atom is 0.191 e. The van der Waals surface area contributed by atoms with E-state index in [1.54, 1.807) is 0 Å². The lowest BCUT2D eigenvalue weighted by atomic mass is 10.1. The van der Waals surface area contributed by atoms with E-state index in [2.05, 4.69) is 51.9 Å². The molecule has 0 spiro atoms. The van der Waals surface area contributed by atoms with Crippen LogP contribution in [0, 0.1) is 5.92 Å². The van der Waals surface area contributed by atoms with Crippen LogP contribution in [0.1, 0.15) is 33.1 Å². The normalized spacial score (nSPS) is 25.5. The molecule has 2 unspecified atom stereocenters. The lowest BCUT2D eigenvalue weighted by Gasteiger charge is -2.33. The Labute approximate surface area is 154 Å². The van der Waals surface area contributed by atoms with Gasteiger partial charge in [-0.1, -0.05) is 6.92 Å². The maximum absolute atomic E-state index is 4.58. The molecule has 0 amide bonds. The fourth-order valence-corrected chi connectivity index (χ4v) is 3.66. The number of thiophene rings is 1. The Kier molecular flexibility index (Phi) is 6.80. The third-order valence-electron chi connectivity index (χ3n) is 4.40. The van der Waals surface area contributed by atoms with E-state index in [9.17, 15) is 0 Å². The van der Waals surface area contributed by atoms with E-state index in [4.69, 9.17) is 0 Å². The Hall–Kier alpha value is -0.500. The average molecular weight is 434 g/mol. The second-order valence-electron chi connectivity index (χ2n) is 6.14. The number of hydrogen-bond acceptors (Lipinski definition) is 3. The van der Waals surface area contributed by atoms with Crippen LogP contribution in [0.2, 0.25) is 0 Å². The minimum atomic E-state index is 0. The fourth-order valence-electron chi connectivity index (χ4n) is 2.88. The summed E-state index contributed by atoms with van der Waals surface area (Å²) in [6.45, 7) is 7.50. The molecule has 22 heavy (non-hydrogen) atoms. The highest BCUT2D eigenvalue weighted by molar-refractivity contribution is 14.0. The van der Waals surface area contributed by atoms with Gasteiger partial charge in [-0.15, -0.1) is 35.3 Å². The second-order valence-corrected chi connectivity index (χ2v) is 7.07. The van der Waals surface area contributed by atoms with Gasteiger partial charge < -0.3 is 15.5 Å². The molecule has 1 saturated heterocycles. The van der Waals surface area contributed by atoms with Gasteiger partial charge >= 0.3 is 0 Å². The summed E-state index contributed by atoms with van der Waals surface area (Å²) in [6, 6.07) is 5.54. The molecule has 2 aliphatic rings. The van der Waals surface area contributed by atoms with Gasteiger partial charge in [0, 0.05) is 31.7 Å². The van der Waals surface area contributed by atoms with E-state index >= 15 is 0 Å². The Morgan fingerprint density at radius 1 is 1.36 bits per heavy atom. The van der Waals surface area contributed by atoms with E-state index in [1.165, 1.54) is 24.3 Å². The molecule has 2 heterocycles. The van der Waals surface area contributed by atoms with Crippen molar-refractivity contribution < 1.29 is 0 Å². The van der Waals surface area contributed by atoms with Crippen LogP contribution in [0.4, 0.5) is 5.00 Å². The van der Waals surface area contributed by atoms with Crippen molar-refractivity contribution >= 4 is 46.3 Å². The molecule has 6 heteroatoms. The molecule has 2 fully saturated rings. The highest BCUT2D eigenvalue weighted by atomic mass is 127. The number of aliphatic imine (C=N–C) groups is 1. The van der Waals surface area contributed by atoms with Gasteiger partial charge in [-0.25, -0.2) is 0 Å². The lowest BCUT2D eigenvalue weighted by Crippen LogP contribution is -2.49. The molecule has 2 N–H and O–H groups in total. The maximum atomic E-state index is 4.58. The van der Waals surface area contributed by atoms with E-state index < -0.39 is 0 Å². The summed E-state index contributed by atoms with van der Waals surface area (Å²) in [4.78, 5) is 7.08.